The summed E-state index contributed by atoms with van der Waals surface area (Å²) in [5.74, 6) is -1.12. The van der Waals surface area contributed by atoms with Gasteiger partial charge in [0.25, 0.3) is 5.91 Å². The highest BCUT2D eigenvalue weighted by molar-refractivity contribution is 5.99. The van der Waals surface area contributed by atoms with E-state index in [9.17, 15) is 9.18 Å². The molecular formula is C12H17FN2O2. The van der Waals surface area contributed by atoms with Gasteiger partial charge < -0.3 is 16.2 Å². The minimum atomic E-state index is -0.611. The molecule has 2 atom stereocenters. The fourth-order valence-electron chi connectivity index (χ4n) is 1.32. The maximum atomic E-state index is 13.2. The van der Waals surface area contributed by atoms with E-state index in [1.807, 2.05) is 0 Å². The van der Waals surface area contributed by atoms with Crippen LogP contribution in [-0.4, -0.2) is 23.7 Å². The highest BCUT2D eigenvalue weighted by Crippen LogP contribution is 2.16. The molecule has 2 unspecified atom stereocenters. The van der Waals surface area contributed by atoms with E-state index < -0.39 is 11.7 Å². The number of hydrogen-bond acceptors (Lipinski definition) is 3. The number of para-hydroxylation sites is 1. The number of nitrogen functional groups attached to an aromatic ring is 1. The summed E-state index contributed by atoms with van der Waals surface area (Å²) in [6.45, 7) is 3.55. The van der Waals surface area contributed by atoms with Crippen LogP contribution in [0.4, 0.5) is 10.1 Å². The SMILES string of the molecule is CC(CO)C(C)NC(=O)c1cccc(F)c1N. The molecule has 0 aliphatic carbocycles. The van der Waals surface area contributed by atoms with Crippen molar-refractivity contribution in [3.8, 4) is 0 Å². The van der Waals surface area contributed by atoms with Crippen molar-refractivity contribution >= 4 is 11.6 Å². The monoisotopic (exact) mass is 240 g/mol. The number of benzene rings is 1. The van der Waals surface area contributed by atoms with Crippen LogP contribution in [0.3, 0.4) is 0 Å². The molecule has 0 fully saturated rings. The number of hydrogen-bond donors (Lipinski definition) is 3. The zero-order valence-electron chi connectivity index (χ0n) is 9.90. The molecule has 5 heteroatoms. The van der Waals surface area contributed by atoms with Crippen LogP contribution in [0, 0.1) is 11.7 Å². The van der Waals surface area contributed by atoms with Crippen molar-refractivity contribution < 1.29 is 14.3 Å². The van der Waals surface area contributed by atoms with Crippen molar-refractivity contribution in [1.29, 1.82) is 0 Å². The molecule has 0 saturated carbocycles. The Balaban J connectivity index is 2.80. The zero-order valence-corrected chi connectivity index (χ0v) is 9.90. The van der Waals surface area contributed by atoms with Crippen LogP contribution in [0.1, 0.15) is 24.2 Å². The lowest BCUT2D eigenvalue weighted by atomic mass is 10.0. The Labute approximate surface area is 99.6 Å². The van der Waals surface area contributed by atoms with Gasteiger partial charge in [-0.25, -0.2) is 4.39 Å². The summed E-state index contributed by atoms with van der Waals surface area (Å²) in [6, 6.07) is 3.88. The first kappa shape index (κ1) is 13.4. The number of amides is 1. The molecule has 1 aromatic carbocycles. The number of aliphatic hydroxyl groups is 1. The molecule has 17 heavy (non-hydrogen) atoms. The quantitative estimate of drug-likeness (QED) is 0.691. The maximum absolute atomic E-state index is 13.2. The van der Waals surface area contributed by atoms with Crippen molar-refractivity contribution in [2.24, 2.45) is 5.92 Å². The van der Waals surface area contributed by atoms with Gasteiger partial charge in [0.1, 0.15) is 5.82 Å². The van der Waals surface area contributed by atoms with Crippen LogP contribution in [-0.2, 0) is 0 Å². The molecule has 0 heterocycles. The van der Waals surface area contributed by atoms with Gasteiger partial charge >= 0.3 is 0 Å². The van der Waals surface area contributed by atoms with Gasteiger partial charge in [0.15, 0.2) is 0 Å². The van der Waals surface area contributed by atoms with Gasteiger partial charge in [0, 0.05) is 12.6 Å². The first-order valence-corrected chi connectivity index (χ1v) is 5.43. The summed E-state index contributed by atoms with van der Waals surface area (Å²) >= 11 is 0. The number of nitrogens with two attached hydrogens (primary N) is 1. The normalized spacial score (nSPS) is 14.1. The Kier molecular flexibility index (Phi) is 4.45. The lowest BCUT2D eigenvalue weighted by molar-refractivity contribution is 0.0917. The molecule has 4 N–H and O–H groups in total. The van der Waals surface area contributed by atoms with Crippen LogP contribution in [0.5, 0.6) is 0 Å². The summed E-state index contributed by atoms with van der Waals surface area (Å²) in [5.41, 5.74) is 5.44. The summed E-state index contributed by atoms with van der Waals surface area (Å²) in [5, 5.41) is 11.6. The topological polar surface area (TPSA) is 75.3 Å². The maximum Gasteiger partial charge on any atom is 0.253 e. The highest BCUT2D eigenvalue weighted by atomic mass is 19.1. The fourth-order valence-corrected chi connectivity index (χ4v) is 1.32. The van der Waals surface area contributed by atoms with Crippen molar-refractivity contribution in [3.63, 3.8) is 0 Å². The van der Waals surface area contributed by atoms with Crippen LogP contribution in [0.2, 0.25) is 0 Å². The molecule has 0 spiro atoms. The van der Waals surface area contributed by atoms with Crippen LogP contribution in [0.25, 0.3) is 0 Å². The van der Waals surface area contributed by atoms with E-state index in [4.69, 9.17) is 10.8 Å². The highest BCUT2D eigenvalue weighted by Gasteiger charge is 2.17. The van der Waals surface area contributed by atoms with Crippen molar-refractivity contribution in [1.82, 2.24) is 5.32 Å². The van der Waals surface area contributed by atoms with E-state index in [2.05, 4.69) is 5.32 Å². The smallest absolute Gasteiger partial charge is 0.253 e. The zero-order chi connectivity index (χ0) is 13.0. The third-order valence-corrected chi connectivity index (χ3v) is 2.80. The number of carbonyl (C=O) groups is 1. The predicted molar refractivity (Wildman–Crippen MR) is 64.0 cm³/mol. The Bertz CT molecular complexity index is 409. The second-order valence-electron chi connectivity index (χ2n) is 4.12. The molecule has 1 aromatic rings. The van der Waals surface area contributed by atoms with Crippen LogP contribution < -0.4 is 11.1 Å². The molecule has 0 aliphatic rings. The second kappa shape index (κ2) is 5.63. The molecule has 1 rings (SSSR count). The summed E-state index contributed by atoms with van der Waals surface area (Å²) in [7, 11) is 0. The van der Waals surface area contributed by atoms with Crippen molar-refractivity contribution in [2.45, 2.75) is 19.9 Å². The third kappa shape index (κ3) is 3.17. The minimum absolute atomic E-state index is 0.0277. The fraction of sp³-hybridized carbons (Fsp3) is 0.417. The molecule has 1 amide bonds. The van der Waals surface area contributed by atoms with Gasteiger partial charge in [-0.1, -0.05) is 13.0 Å². The average Bonchev–Trinajstić information content (AvgIpc) is 2.31. The summed E-state index contributed by atoms with van der Waals surface area (Å²) < 4.78 is 13.2. The van der Waals surface area contributed by atoms with E-state index in [1.165, 1.54) is 18.2 Å². The molecular weight excluding hydrogens is 223 g/mol. The van der Waals surface area contributed by atoms with Crippen LogP contribution >= 0.6 is 0 Å². The first-order chi connectivity index (χ1) is 7.97. The number of nitrogens with one attached hydrogen (secondary N) is 1. The van der Waals surface area contributed by atoms with E-state index in [0.717, 1.165) is 0 Å². The minimum Gasteiger partial charge on any atom is -0.396 e. The van der Waals surface area contributed by atoms with Crippen LogP contribution in [0.15, 0.2) is 18.2 Å². The average molecular weight is 240 g/mol. The standard InChI is InChI=1S/C12H17FN2O2/c1-7(6-16)8(2)15-12(17)9-4-3-5-10(13)11(9)14/h3-5,7-8,16H,6,14H2,1-2H3,(H,15,17). The van der Waals surface area contributed by atoms with Gasteiger partial charge in [0.2, 0.25) is 0 Å². The number of halogens is 1. The van der Waals surface area contributed by atoms with Gasteiger partial charge in [0.05, 0.1) is 11.3 Å². The Morgan fingerprint density at radius 1 is 1.53 bits per heavy atom. The number of rotatable bonds is 4. The lowest BCUT2D eigenvalue weighted by Gasteiger charge is -2.19. The molecule has 94 valence electrons. The largest absolute Gasteiger partial charge is 0.396 e. The Hall–Kier alpha value is -1.62. The van der Waals surface area contributed by atoms with E-state index in [1.54, 1.807) is 13.8 Å². The van der Waals surface area contributed by atoms with Gasteiger partial charge in [-0.2, -0.15) is 0 Å². The predicted octanol–water partition coefficient (Wildman–Crippen LogP) is 1.15. The number of anilines is 1. The molecule has 0 bridgehead atoms. The van der Waals surface area contributed by atoms with Gasteiger partial charge in [-0.05, 0) is 25.0 Å². The summed E-state index contributed by atoms with van der Waals surface area (Å²) in [4.78, 5) is 11.8. The van der Waals surface area contributed by atoms with Crippen molar-refractivity contribution in [3.05, 3.63) is 29.6 Å². The third-order valence-electron chi connectivity index (χ3n) is 2.80. The molecule has 0 aromatic heterocycles. The molecule has 4 nitrogen and oxygen atoms in total. The Morgan fingerprint density at radius 2 is 2.18 bits per heavy atom. The second-order valence-corrected chi connectivity index (χ2v) is 4.12. The number of carbonyl (C=O) groups excluding carboxylic acids is 1. The van der Waals surface area contributed by atoms with Gasteiger partial charge in [-0.3, -0.25) is 4.79 Å². The van der Waals surface area contributed by atoms with Crippen molar-refractivity contribution in [2.75, 3.05) is 12.3 Å². The molecule has 0 radical (unpaired) electrons. The number of aliphatic hydroxyl groups excluding tert-OH is 1. The Morgan fingerprint density at radius 3 is 2.76 bits per heavy atom. The van der Waals surface area contributed by atoms with E-state index in [-0.39, 0.29) is 29.8 Å². The first-order valence-electron chi connectivity index (χ1n) is 5.43. The van der Waals surface area contributed by atoms with E-state index in [0.29, 0.717) is 0 Å². The lowest BCUT2D eigenvalue weighted by Crippen LogP contribution is -2.38. The van der Waals surface area contributed by atoms with Gasteiger partial charge in [-0.15, -0.1) is 0 Å². The van der Waals surface area contributed by atoms with E-state index >= 15 is 0 Å². The molecule has 0 aliphatic heterocycles. The summed E-state index contributed by atoms with van der Waals surface area (Å²) in [6.07, 6.45) is 0. The molecule has 0 saturated heterocycles.